The molecule has 2 atom stereocenters. The van der Waals surface area contributed by atoms with Crippen LogP contribution in [0.15, 0.2) is 61.2 Å². The quantitative estimate of drug-likeness (QED) is 0.413. The van der Waals surface area contributed by atoms with Crippen molar-refractivity contribution in [3.8, 4) is 0 Å². The zero-order chi connectivity index (χ0) is 27.4. The van der Waals surface area contributed by atoms with E-state index in [1.54, 1.807) is 23.3 Å². The van der Waals surface area contributed by atoms with Crippen LogP contribution in [-0.2, 0) is 11.3 Å². The number of imidazole rings is 1. The van der Waals surface area contributed by atoms with Crippen molar-refractivity contribution in [1.29, 1.82) is 0 Å². The monoisotopic (exact) mass is 541 g/mol. The fourth-order valence-corrected chi connectivity index (χ4v) is 5.35. The molecule has 11 heteroatoms. The van der Waals surface area contributed by atoms with E-state index < -0.39 is 35.9 Å². The van der Waals surface area contributed by atoms with Crippen LogP contribution in [0.1, 0.15) is 42.3 Å². The molecule has 2 aliphatic heterocycles. The molecule has 0 spiro atoms. The van der Waals surface area contributed by atoms with Gasteiger partial charge in [0.1, 0.15) is 18.0 Å². The van der Waals surface area contributed by atoms with Crippen molar-refractivity contribution in [2.24, 2.45) is 0 Å². The SMILES string of the molecule is O=C(NCCCN1CCC(c2ccc(F)cc2)CC1)N1C(=O)O[C@@H](Cn2ccnc2)[C@@H]1c1ccc(F)c(F)c1. The fourth-order valence-electron chi connectivity index (χ4n) is 5.35. The molecule has 2 saturated heterocycles. The number of aromatic nitrogens is 2. The van der Waals surface area contributed by atoms with Gasteiger partial charge in [-0.3, -0.25) is 0 Å². The number of likely N-dealkylation sites (tertiary alicyclic amines) is 1. The Balaban J connectivity index is 1.16. The predicted octanol–water partition coefficient (Wildman–Crippen LogP) is 4.84. The average Bonchev–Trinajstić information content (AvgIpc) is 3.56. The molecule has 2 fully saturated rings. The van der Waals surface area contributed by atoms with E-state index in [1.165, 1.54) is 18.2 Å². The highest BCUT2D eigenvalue weighted by Gasteiger charge is 2.46. The van der Waals surface area contributed by atoms with Gasteiger partial charge in [0, 0.05) is 18.9 Å². The highest BCUT2D eigenvalue weighted by atomic mass is 19.2. The van der Waals surface area contributed by atoms with Crippen molar-refractivity contribution in [3.63, 3.8) is 0 Å². The number of piperidine rings is 1. The first kappa shape index (κ1) is 26.7. The van der Waals surface area contributed by atoms with Gasteiger partial charge in [0.05, 0.1) is 12.9 Å². The highest BCUT2D eigenvalue weighted by Crippen LogP contribution is 2.35. The van der Waals surface area contributed by atoms with E-state index in [2.05, 4.69) is 15.2 Å². The number of amides is 3. The number of halogens is 3. The maximum absolute atomic E-state index is 14.1. The second-order valence-electron chi connectivity index (χ2n) is 9.92. The third kappa shape index (κ3) is 6.25. The normalized spacial score (nSPS) is 20.3. The van der Waals surface area contributed by atoms with Crippen LogP contribution in [-0.4, -0.2) is 63.8 Å². The predicted molar refractivity (Wildman–Crippen MR) is 136 cm³/mol. The molecule has 1 N–H and O–H groups in total. The van der Waals surface area contributed by atoms with Crippen LogP contribution in [0, 0.1) is 17.5 Å². The second kappa shape index (κ2) is 11.9. The summed E-state index contributed by atoms with van der Waals surface area (Å²) in [4.78, 5) is 33.1. The van der Waals surface area contributed by atoms with Crippen molar-refractivity contribution >= 4 is 12.1 Å². The Morgan fingerprint density at radius 2 is 1.77 bits per heavy atom. The standard InChI is InChI=1S/C28H30F3N5O3/c29-22-5-2-19(3-6-22)20-8-13-34(14-9-20)12-1-10-33-27(37)36-26(21-4-7-23(30)24(31)16-21)25(39-28(36)38)17-35-15-11-32-18-35/h2-7,11,15-16,18,20,25-26H,1,8-10,12-14,17H2,(H,33,37)/t25-,26-/m0/s1. The summed E-state index contributed by atoms with van der Waals surface area (Å²) in [6.07, 6.45) is 5.75. The maximum atomic E-state index is 14.1. The average molecular weight is 542 g/mol. The molecule has 0 radical (unpaired) electrons. The van der Waals surface area contributed by atoms with Crippen LogP contribution in [0.2, 0.25) is 0 Å². The van der Waals surface area contributed by atoms with E-state index in [0.29, 0.717) is 18.9 Å². The minimum Gasteiger partial charge on any atom is -0.441 e. The smallest absolute Gasteiger partial charge is 0.419 e. The molecule has 2 aliphatic rings. The van der Waals surface area contributed by atoms with Crippen LogP contribution in [0.4, 0.5) is 22.8 Å². The summed E-state index contributed by atoms with van der Waals surface area (Å²) >= 11 is 0. The van der Waals surface area contributed by atoms with Crippen LogP contribution in [0.3, 0.4) is 0 Å². The van der Waals surface area contributed by atoms with Crippen LogP contribution >= 0.6 is 0 Å². The summed E-state index contributed by atoms with van der Waals surface area (Å²) < 4.78 is 48.1. The Bertz CT molecular complexity index is 1280. The van der Waals surface area contributed by atoms with Gasteiger partial charge < -0.3 is 19.5 Å². The Morgan fingerprint density at radius 3 is 2.46 bits per heavy atom. The lowest BCUT2D eigenvalue weighted by atomic mass is 9.89. The number of hydrogen-bond acceptors (Lipinski definition) is 5. The molecule has 3 aromatic rings. The largest absolute Gasteiger partial charge is 0.441 e. The number of urea groups is 1. The molecule has 3 heterocycles. The lowest BCUT2D eigenvalue weighted by molar-refractivity contribution is 0.120. The number of ether oxygens (including phenoxy) is 1. The van der Waals surface area contributed by atoms with E-state index >= 15 is 0 Å². The van der Waals surface area contributed by atoms with Crippen molar-refractivity contribution < 1.29 is 27.5 Å². The van der Waals surface area contributed by atoms with Crippen molar-refractivity contribution in [2.45, 2.75) is 43.9 Å². The first-order chi connectivity index (χ1) is 18.9. The molecule has 39 heavy (non-hydrogen) atoms. The third-order valence-corrected chi connectivity index (χ3v) is 7.39. The van der Waals surface area contributed by atoms with Gasteiger partial charge in [-0.15, -0.1) is 0 Å². The summed E-state index contributed by atoms with van der Waals surface area (Å²) in [5.74, 6) is -1.92. The van der Waals surface area contributed by atoms with Gasteiger partial charge in [-0.25, -0.2) is 32.6 Å². The van der Waals surface area contributed by atoms with Gasteiger partial charge in [-0.05, 0) is 80.2 Å². The lowest BCUT2D eigenvalue weighted by Gasteiger charge is -2.32. The van der Waals surface area contributed by atoms with E-state index in [-0.39, 0.29) is 17.9 Å². The van der Waals surface area contributed by atoms with Crippen LogP contribution in [0.5, 0.6) is 0 Å². The molecule has 8 nitrogen and oxygen atoms in total. The molecule has 0 bridgehead atoms. The zero-order valence-electron chi connectivity index (χ0n) is 21.3. The molecule has 0 aliphatic carbocycles. The highest BCUT2D eigenvalue weighted by molar-refractivity contribution is 5.93. The summed E-state index contributed by atoms with van der Waals surface area (Å²) in [7, 11) is 0. The number of hydrogen-bond donors (Lipinski definition) is 1. The van der Waals surface area contributed by atoms with Crippen LogP contribution in [0.25, 0.3) is 0 Å². The molecule has 1 aromatic heterocycles. The number of benzene rings is 2. The van der Waals surface area contributed by atoms with Gasteiger partial charge in [0.25, 0.3) is 0 Å². The number of rotatable bonds is 8. The Labute approximate surface area is 224 Å². The zero-order valence-corrected chi connectivity index (χ0v) is 21.3. The lowest BCUT2D eigenvalue weighted by Crippen LogP contribution is -2.44. The summed E-state index contributed by atoms with van der Waals surface area (Å²) in [5, 5.41) is 2.78. The van der Waals surface area contributed by atoms with Crippen molar-refractivity contribution in [2.75, 3.05) is 26.2 Å². The number of nitrogens with one attached hydrogen (secondary N) is 1. The third-order valence-electron chi connectivity index (χ3n) is 7.39. The first-order valence-corrected chi connectivity index (χ1v) is 13.0. The van der Waals surface area contributed by atoms with Gasteiger partial charge in [-0.2, -0.15) is 0 Å². The number of cyclic esters (lactones) is 1. The van der Waals surface area contributed by atoms with Gasteiger partial charge in [0.15, 0.2) is 11.6 Å². The molecular weight excluding hydrogens is 511 g/mol. The van der Waals surface area contributed by atoms with Crippen LogP contribution < -0.4 is 5.32 Å². The van der Waals surface area contributed by atoms with E-state index in [4.69, 9.17) is 4.74 Å². The molecule has 2 aromatic carbocycles. The topological polar surface area (TPSA) is 79.7 Å². The first-order valence-electron chi connectivity index (χ1n) is 13.0. The molecule has 0 unspecified atom stereocenters. The Hall–Kier alpha value is -3.86. The summed E-state index contributed by atoms with van der Waals surface area (Å²) in [6.45, 7) is 3.10. The summed E-state index contributed by atoms with van der Waals surface area (Å²) in [6, 6.07) is 8.40. The van der Waals surface area contributed by atoms with Gasteiger partial charge in [-0.1, -0.05) is 18.2 Å². The fraction of sp³-hybridized carbons (Fsp3) is 0.393. The van der Waals surface area contributed by atoms with Crippen molar-refractivity contribution in [3.05, 3.63) is 89.8 Å². The number of imide groups is 1. The number of nitrogens with zero attached hydrogens (tertiary/aromatic N) is 4. The Kier molecular flexibility index (Phi) is 8.16. The van der Waals surface area contributed by atoms with Gasteiger partial charge >= 0.3 is 12.1 Å². The van der Waals surface area contributed by atoms with Gasteiger partial charge in [0.2, 0.25) is 0 Å². The molecule has 3 amide bonds. The number of carbonyl (C=O) groups is 2. The molecule has 5 rings (SSSR count). The Morgan fingerprint density at radius 1 is 1.03 bits per heavy atom. The van der Waals surface area contributed by atoms with E-state index in [9.17, 15) is 22.8 Å². The molecular formula is C28H30F3N5O3. The molecule has 0 saturated carbocycles. The molecule has 206 valence electrons. The summed E-state index contributed by atoms with van der Waals surface area (Å²) in [5.41, 5.74) is 1.41. The minimum atomic E-state index is -1.07. The number of carbonyl (C=O) groups excluding carboxylic acids is 2. The minimum absolute atomic E-state index is 0.188. The van der Waals surface area contributed by atoms with E-state index in [0.717, 1.165) is 55.1 Å². The second-order valence-corrected chi connectivity index (χ2v) is 9.92. The van der Waals surface area contributed by atoms with Crippen molar-refractivity contribution in [1.82, 2.24) is 24.7 Å². The maximum Gasteiger partial charge on any atom is 0.419 e. The van der Waals surface area contributed by atoms with E-state index in [1.807, 2.05) is 12.1 Å².